The van der Waals surface area contributed by atoms with Gasteiger partial charge in [0, 0.05) is 16.0 Å². The van der Waals surface area contributed by atoms with E-state index in [-0.39, 0.29) is 0 Å². The Morgan fingerprint density at radius 1 is 1.31 bits per heavy atom. The highest BCUT2D eigenvalue weighted by Gasteiger charge is 2.02. The van der Waals surface area contributed by atoms with Gasteiger partial charge < -0.3 is 10.5 Å². The predicted octanol–water partition coefficient (Wildman–Crippen LogP) is 2.82. The lowest BCUT2D eigenvalue weighted by atomic mass is 10.3. The van der Waals surface area contributed by atoms with E-state index in [9.17, 15) is 0 Å². The summed E-state index contributed by atoms with van der Waals surface area (Å²) in [6.07, 6.45) is 3.39. The van der Waals surface area contributed by atoms with Crippen LogP contribution in [0, 0.1) is 0 Å². The van der Waals surface area contributed by atoms with Crippen LogP contribution in [0.1, 0.15) is 0 Å². The van der Waals surface area contributed by atoms with Crippen LogP contribution in [0.25, 0.3) is 0 Å². The molecule has 2 aromatic rings. The molecular weight excluding hydrogens is 220 g/mol. The van der Waals surface area contributed by atoms with Crippen molar-refractivity contribution in [3.8, 4) is 5.75 Å². The lowest BCUT2D eigenvalue weighted by molar-refractivity contribution is 0.413. The third kappa shape index (κ3) is 2.46. The predicted molar refractivity (Wildman–Crippen MR) is 65.8 cm³/mol. The highest BCUT2D eigenvalue weighted by molar-refractivity contribution is 7.99. The number of nitrogens with zero attached hydrogens (tertiary/aromatic N) is 1. The van der Waals surface area contributed by atoms with Gasteiger partial charge in [-0.1, -0.05) is 17.8 Å². The van der Waals surface area contributed by atoms with Gasteiger partial charge in [-0.05, 0) is 24.3 Å². The van der Waals surface area contributed by atoms with Gasteiger partial charge >= 0.3 is 0 Å². The normalized spacial score (nSPS) is 10.1. The number of rotatable bonds is 3. The van der Waals surface area contributed by atoms with Gasteiger partial charge in [0.2, 0.25) is 0 Å². The molecule has 1 aromatic carbocycles. The average Bonchev–Trinajstić information content (AvgIpc) is 2.32. The number of anilines is 1. The second-order valence-electron chi connectivity index (χ2n) is 3.19. The van der Waals surface area contributed by atoms with Gasteiger partial charge in [0.05, 0.1) is 19.0 Å². The van der Waals surface area contributed by atoms with E-state index in [1.54, 1.807) is 31.3 Å². The van der Waals surface area contributed by atoms with E-state index in [2.05, 4.69) is 4.98 Å². The van der Waals surface area contributed by atoms with Crippen molar-refractivity contribution in [2.75, 3.05) is 12.8 Å². The Bertz CT molecular complexity index is 488. The first-order chi connectivity index (χ1) is 7.79. The van der Waals surface area contributed by atoms with E-state index < -0.39 is 0 Å². The fraction of sp³-hybridized carbons (Fsp3) is 0.0833. The van der Waals surface area contributed by atoms with Crippen LogP contribution in [0.15, 0.2) is 52.5 Å². The molecule has 1 heterocycles. The van der Waals surface area contributed by atoms with Crippen molar-refractivity contribution >= 4 is 17.4 Å². The summed E-state index contributed by atoms with van der Waals surface area (Å²) < 4.78 is 5.17. The Balaban J connectivity index is 2.24. The molecule has 0 saturated carbocycles. The molecule has 2 N–H and O–H groups in total. The van der Waals surface area contributed by atoms with Crippen LogP contribution < -0.4 is 10.5 Å². The molecule has 0 amide bonds. The molecule has 0 aliphatic carbocycles. The van der Waals surface area contributed by atoms with E-state index in [1.165, 1.54) is 0 Å². The summed E-state index contributed by atoms with van der Waals surface area (Å²) in [5.41, 5.74) is 6.51. The monoisotopic (exact) mass is 232 g/mol. The molecule has 0 unspecified atom stereocenters. The standard InChI is InChI=1S/C12H12N2OS/c1-15-9-3-2-4-10(7-9)16-12-5-6-14-8-11(12)13/h2-8H,13H2,1H3. The third-order valence-electron chi connectivity index (χ3n) is 2.08. The number of methoxy groups -OCH3 is 1. The van der Waals surface area contributed by atoms with Gasteiger partial charge in [0.15, 0.2) is 0 Å². The number of aromatic nitrogens is 1. The number of hydrogen-bond acceptors (Lipinski definition) is 4. The molecule has 0 aliphatic heterocycles. The van der Waals surface area contributed by atoms with Crippen molar-refractivity contribution in [2.24, 2.45) is 0 Å². The summed E-state index contributed by atoms with van der Waals surface area (Å²) in [5.74, 6) is 0.845. The Kier molecular flexibility index (Phi) is 3.31. The van der Waals surface area contributed by atoms with Gasteiger partial charge in [0.1, 0.15) is 5.75 Å². The molecule has 0 saturated heterocycles. The highest BCUT2D eigenvalue weighted by Crippen LogP contribution is 2.32. The molecule has 1 aromatic heterocycles. The van der Waals surface area contributed by atoms with Crippen LogP contribution in [0.4, 0.5) is 5.69 Å². The first-order valence-corrected chi connectivity index (χ1v) is 5.62. The molecule has 0 fully saturated rings. The average molecular weight is 232 g/mol. The van der Waals surface area contributed by atoms with E-state index in [0.717, 1.165) is 15.5 Å². The zero-order valence-corrected chi connectivity index (χ0v) is 9.70. The van der Waals surface area contributed by atoms with Crippen LogP contribution in [-0.2, 0) is 0 Å². The minimum atomic E-state index is 0.690. The molecule has 16 heavy (non-hydrogen) atoms. The van der Waals surface area contributed by atoms with Gasteiger partial charge in [-0.25, -0.2) is 0 Å². The summed E-state index contributed by atoms with van der Waals surface area (Å²) >= 11 is 1.60. The van der Waals surface area contributed by atoms with Crippen molar-refractivity contribution < 1.29 is 4.74 Å². The number of nitrogen functional groups attached to an aromatic ring is 1. The maximum absolute atomic E-state index is 5.82. The highest BCUT2D eigenvalue weighted by atomic mass is 32.2. The Morgan fingerprint density at radius 2 is 2.19 bits per heavy atom. The summed E-state index contributed by atoms with van der Waals surface area (Å²) in [5, 5.41) is 0. The number of hydrogen-bond donors (Lipinski definition) is 1. The molecule has 0 aliphatic rings. The third-order valence-corrected chi connectivity index (χ3v) is 3.16. The lowest BCUT2D eigenvalue weighted by Crippen LogP contribution is -1.89. The topological polar surface area (TPSA) is 48.1 Å². The van der Waals surface area contributed by atoms with Crippen molar-refractivity contribution in [3.05, 3.63) is 42.7 Å². The number of benzene rings is 1. The van der Waals surface area contributed by atoms with Crippen molar-refractivity contribution in [1.82, 2.24) is 4.98 Å². The smallest absolute Gasteiger partial charge is 0.119 e. The van der Waals surface area contributed by atoms with Crippen LogP contribution >= 0.6 is 11.8 Å². The maximum atomic E-state index is 5.82. The van der Waals surface area contributed by atoms with Gasteiger partial charge in [0.25, 0.3) is 0 Å². The second kappa shape index (κ2) is 4.90. The summed E-state index contributed by atoms with van der Waals surface area (Å²) in [6.45, 7) is 0. The van der Waals surface area contributed by atoms with Crippen molar-refractivity contribution in [3.63, 3.8) is 0 Å². The maximum Gasteiger partial charge on any atom is 0.119 e. The Morgan fingerprint density at radius 3 is 2.94 bits per heavy atom. The van der Waals surface area contributed by atoms with Gasteiger partial charge in [-0.2, -0.15) is 0 Å². The number of nitrogens with two attached hydrogens (primary N) is 1. The Labute approximate surface area is 98.6 Å². The Hall–Kier alpha value is -1.68. The molecule has 0 bridgehead atoms. The minimum absolute atomic E-state index is 0.690. The van der Waals surface area contributed by atoms with Gasteiger partial charge in [-0.15, -0.1) is 0 Å². The SMILES string of the molecule is COc1cccc(Sc2ccncc2N)c1. The van der Waals surface area contributed by atoms with Gasteiger partial charge in [-0.3, -0.25) is 4.98 Å². The zero-order valence-electron chi connectivity index (χ0n) is 8.88. The molecule has 3 nitrogen and oxygen atoms in total. The number of ether oxygens (including phenoxy) is 1. The van der Waals surface area contributed by atoms with E-state index in [1.807, 2.05) is 30.3 Å². The second-order valence-corrected chi connectivity index (χ2v) is 4.31. The molecule has 0 atom stereocenters. The van der Waals surface area contributed by atoms with E-state index in [0.29, 0.717) is 5.69 Å². The molecule has 2 rings (SSSR count). The summed E-state index contributed by atoms with van der Waals surface area (Å²) in [7, 11) is 1.66. The molecule has 0 radical (unpaired) electrons. The zero-order chi connectivity index (χ0) is 11.4. The minimum Gasteiger partial charge on any atom is -0.497 e. The fourth-order valence-electron chi connectivity index (χ4n) is 1.28. The van der Waals surface area contributed by atoms with Crippen LogP contribution in [0.3, 0.4) is 0 Å². The van der Waals surface area contributed by atoms with E-state index in [4.69, 9.17) is 10.5 Å². The first-order valence-electron chi connectivity index (χ1n) is 4.81. The van der Waals surface area contributed by atoms with Crippen LogP contribution in [-0.4, -0.2) is 12.1 Å². The van der Waals surface area contributed by atoms with Crippen LogP contribution in [0.2, 0.25) is 0 Å². The van der Waals surface area contributed by atoms with Crippen molar-refractivity contribution in [1.29, 1.82) is 0 Å². The summed E-state index contributed by atoms with van der Waals surface area (Å²) in [6, 6.07) is 9.77. The van der Waals surface area contributed by atoms with E-state index >= 15 is 0 Å². The lowest BCUT2D eigenvalue weighted by Gasteiger charge is -2.05. The fourth-order valence-corrected chi connectivity index (χ4v) is 2.15. The molecule has 4 heteroatoms. The number of pyridine rings is 1. The largest absolute Gasteiger partial charge is 0.497 e. The quantitative estimate of drug-likeness (QED) is 0.884. The van der Waals surface area contributed by atoms with Crippen molar-refractivity contribution in [2.45, 2.75) is 9.79 Å². The summed E-state index contributed by atoms with van der Waals surface area (Å²) in [4.78, 5) is 6.05. The molecule has 82 valence electrons. The molecular formula is C12H12N2OS. The van der Waals surface area contributed by atoms with Crippen LogP contribution in [0.5, 0.6) is 5.75 Å². The first kappa shape index (κ1) is 10.8. The molecule has 0 spiro atoms.